The van der Waals surface area contributed by atoms with E-state index in [2.05, 4.69) is 20.1 Å². The number of anilines is 2. The van der Waals surface area contributed by atoms with Gasteiger partial charge < -0.3 is 16.2 Å². The van der Waals surface area contributed by atoms with Crippen LogP contribution in [0.4, 0.5) is 11.9 Å². The van der Waals surface area contributed by atoms with Gasteiger partial charge in [-0.15, -0.1) is 0 Å². The molecule has 0 fully saturated rings. The van der Waals surface area contributed by atoms with E-state index in [4.69, 9.17) is 16.2 Å². The van der Waals surface area contributed by atoms with Crippen molar-refractivity contribution in [3.8, 4) is 16.9 Å². The smallest absolute Gasteiger partial charge is 0.342 e. The Hall–Kier alpha value is -4.27. The molecule has 0 amide bonds. The van der Waals surface area contributed by atoms with Gasteiger partial charge in [-0.05, 0) is 25.1 Å². The number of hydrogen-bond donors (Lipinski definition) is 2. The fourth-order valence-electron chi connectivity index (χ4n) is 2.97. The third-order valence-electron chi connectivity index (χ3n) is 4.30. The van der Waals surface area contributed by atoms with Crippen LogP contribution < -0.4 is 11.5 Å². The van der Waals surface area contributed by atoms with E-state index in [1.807, 2.05) is 61.5 Å². The zero-order valence-corrected chi connectivity index (χ0v) is 16.2. The SMILES string of the molecule is Cc1cccc(-c2nn(-c3ccccc3)cc2C(=O)OCc2nc(N)nc(N)n2)c1. The van der Waals surface area contributed by atoms with Crippen molar-refractivity contribution in [1.82, 2.24) is 24.7 Å². The summed E-state index contributed by atoms with van der Waals surface area (Å²) in [6, 6.07) is 17.3. The molecule has 0 bridgehead atoms. The molecule has 0 saturated heterocycles. The average molecular weight is 401 g/mol. The van der Waals surface area contributed by atoms with Crippen molar-refractivity contribution in [2.45, 2.75) is 13.5 Å². The second kappa shape index (κ2) is 8.00. The molecule has 0 spiro atoms. The molecule has 9 heteroatoms. The molecule has 0 aliphatic carbocycles. The summed E-state index contributed by atoms with van der Waals surface area (Å²) in [5.74, 6) is -0.469. The van der Waals surface area contributed by atoms with Gasteiger partial charge in [0, 0.05) is 11.8 Å². The first kappa shape index (κ1) is 19.1. The van der Waals surface area contributed by atoms with Crippen LogP contribution in [-0.2, 0) is 11.3 Å². The van der Waals surface area contributed by atoms with Crippen LogP contribution >= 0.6 is 0 Å². The molecule has 0 atom stereocenters. The lowest BCUT2D eigenvalue weighted by Crippen LogP contribution is -2.11. The molecule has 30 heavy (non-hydrogen) atoms. The number of aromatic nitrogens is 5. The molecule has 2 heterocycles. The van der Waals surface area contributed by atoms with Crippen molar-refractivity contribution in [3.63, 3.8) is 0 Å². The van der Waals surface area contributed by atoms with Gasteiger partial charge in [-0.2, -0.15) is 20.1 Å². The number of rotatable bonds is 5. The highest BCUT2D eigenvalue weighted by atomic mass is 16.5. The number of hydrogen-bond acceptors (Lipinski definition) is 8. The first-order chi connectivity index (χ1) is 14.5. The summed E-state index contributed by atoms with van der Waals surface area (Å²) in [5, 5.41) is 4.63. The highest BCUT2D eigenvalue weighted by Gasteiger charge is 2.20. The van der Waals surface area contributed by atoms with Gasteiger partial charge in [0.25, 0.3) is 0 Å². The minimum absolute atomic E-state index is 0.0362. The molecule has 150 valence electrons. The molecule has 2 aromatic carbocycles. The maximum atomic E-state index is 12.9. The number of carbonyl (C=O) groups is 1. The predicted octanol–water partition coefficient (Wildman–Crippen LogP) is 2.55. The summed E-state index contributed by atoms with van der Waals surface area (Å²) < 4.78 is 7.06. The number of nitrogens with two attached hydrogens (primary N) is 2. The first-order valence-corrected chi connectivity index (χ1v) is 9.15. The second-order valence-electron chi connectivity index (χ2n) is 6.59. The lowest BCUT2D eigenvalue weighted by molar-refractivity contribution is 0.0463. The fraction of sp³-hybridized carbons (Fsp3) is 0.0952. The summed E-state index contributed by atoms with van der Waals surface area (Å²) in [6.45, 7) is 1.78. The van der Waals surface area contributed by atoms with Crippen LogP contribution in [0.25, 0.3) is 16.9 Å². The van der Waals surface area contributed by atoms with E-state index in [0.717, 1.165) is 16.8 Å². The van der Waals surface area contributed by atoms with Crippen LogP contribution in [0, 0.1) is 6.92 Å². The number of aryl methyl sites for hydroxylation is 1. The zero-order chi connectivity index (χ0) is 21.1. The molecule has 9 nitrogen and oxygen atoms in total. The van der Waals surface area contributed by atoms with Gasteiger partial charge in [0.15, 0.2) is 12.4 Å². The topological polar surface area (TPSA) is 135 Å². The summed E-state index contributed by atoms with van der Waals surface area (Å²) >= 11 is 0. The highest BCUT2D eigenvalue weighted by Crippen LogP contribution is 2.25. The maximum absolute atomic E-state index is 12.9. The molecule has 0 aliphatic heterocycles. The largest absolute Gasteiger partial charge is 0.454 e. The van der Waals surface area contributed by atoms with Gasteiger partial charge in [-0.1, -0.05) is 42.0 Å². The molecular formula is C21H19N7O2. The predicted molar refractivity (Wildman–Crippen MR) is 112 cm³/mol. The van der Waals surface area contributed by atoms with E-state index in [1.165, 1.54) is 0 Å². The molecule has 4 N–H and O–H groups in total. The van der Waals surface area contributed by atoms with Gasteiger partial charge in [0.1, 0.15) is 11.3 Å². The summed E-state index contributed by atoms with van der Waals surface area (Å²) in [4.78, 5) is 24.4. The minimum atomic E-state index is -0.564. The number of esters is 1. The van der Waals surface area contributed by atoms with Gasteiger partial charge in [0.2, 0.25) is 11.9 Å². The Morgan fingerprint density at radius 3 is 2.43 bits per heavy atom. The Bertz CT molecular complexity index is 1180. The standard InChI is InChI=1S/C21H19N7O2/c1-13-6-5-7-14(10-13)18-16(11-28(27-18)15-8-3-2-4-9-15)19(29)30-12-17-24-20(22)26-21(23)25-17/h2-11H,12H2,1H3,(H4,22,23,24,25,26). The van der Waals surface area contributed by atoms with Crippen LogP contribution in [0.15, 0.2) is 60.8 Å². The Morgan fingerprint density at radius 1 is 1.00 bits per heavy atom. The monoisotopic (exact) mass is 401 g/mol. The first-order valence-electron chi connectivity index (χ1n) is 9.15. The molecule has 0 aliphatic rings. The van der Waals surface area contributed by atoms with E-state index in [1.54, 1.807) is 10.9 Å². The van der Waals surface area contributed by atoms with Crippen molar-refractivity contribution in [2.24, 2.45) is 0 Å². The molecule has 4 rings (SSSR count). The van der Waals surface area contributed by atoms with Crippen LogP contribution in [0.5, 0.6) is 0 Å². The van der Waals surface area contributed by atoms with Crippen LogP contribution in [0.3, 0.4) is 0 Å². The fourth-order valence-corrected chi connectivity index (χ4v) is 2.97. The highest BCUT2D eigenvalue weighted by molar-refractivity contribution is 5.96. The van der Waals surface area contributed by atoms with Gasteiger partial charge in [0.05, 0.1) is 5.69 Å². The van der Waals surface area contributed by atoms with E-state index in [9.17, 15) is 4.79 Å². The van der Waals surface area contributed by atoms with Crippen molar-refractivity contribution in [3.05, 3.63) is 77.7 Å². The Kier molecular flexibility index (Phi) is 5.08. The van der Waals surface area contributed by atoms with E-state index < -0.39 is 5.97 Å². The number of benzene rings is 2. The molecule has 0 radical (unpaired) electrons. The number of nitrogens with zero attached hydrogens (tertiary/aromatic N) is 5. The van der Waals surface area contributed by atoms with Crippen LogP contribution in [-0.4, -0.2) is 30.7 Å². The lowest BCUT2D eigenvalue weighted by atomic mass is 10.1. The number of para-hydroxylation sites is 1. The molecular weight excluding hydrogens is 382 g/mol. The summed E-state index contributed by atoms with van der Waals surface area (Å²) in [7, 11) is 0. The zero-order valence-electron chi connectivity index (χ0n) is 16.2. The van der Waals surface area contributed by atoms with Crippen LogP contribution in [0.2, 0.25) is 0 Å². The minimum Gasteiger partial charge on any atom is -0.454 e. The van der Waals surface area contributed by atoms with E-state index in [-0.39, 0.29) is 24.3 Å². The number of nitrogen functional groups attached to an aromatic ring is 2. The molecule has 4 aromatic rings. The Balaban J connectivity index is 1.68. The summed E-state index contributed by atoms with van der Waals surface area (Å²) in [5.41, 5.74) is 14.6. The van der Waals surface area contributed by atoms with Crippen molar-refractivity contribution < 1.29 is 9.53 Å². The molecule has 2 aromatic heterocycles. The average Bonchev–Trinajstić information content (AvgIpc) is 3.18. The Morgan fingerprint density at radius 2 is 1.73 bits per heavy atom. The van der Waals surface area contributed by atoms with E-state index in [0.29, 0.717) is 11.3 Å². The van der Waals surface area contributed by atoms with Crippen LogP contribution in [0.1, 0.15) is 21.7 Å². The van der Waals surface area contributed by atoms with Crippen molar-refractivity contribution in [1.29, 1.82) is 0 Å². The maximum Gasteiger partial charge on any atom is 0.342 e. The number of carbonyl (C=O) groups excluding carboxylic acids is 1. The van der Waals surface area contributed by atoms with Crippen molar-refractivity contribution >= 4 is 17.9 Å². The van der Waals surface area contributed by atoms with Gasteiger partial charge in [-0.25, -0.2) is 9.48 Å². The molecule has 0 unspecified atom stereocenters. The van der Waals surface area contributed by atoms with Crippen molar-refractivity contribution in [2.75, 3.05) is 11.5 Å². The third-order valence-corrected chi connectivity index (χ3v) is 4.30. The van der Waals surface area contributed by atoms with Gasteiger partial charge >= 0.3 is 5.97 Å². The normalized spacial score (nSPS) is 10.7. The quantitative estimate of drug-likeness (QED) is 0.487. The summed E-state index contributed by atoms with van der Waals surface area (Å²) in [6.07, 6.45) is 1.64. The number of ether oxygens (including phenoxy) is 1. The lowest BCUT2D eigenvalue weighted by Gasteiger charge is -2.05. The van der Waals surface area contributed by atoms with E-state index >= 15 is 0 Å². The Labute approximate surface area is 172 Å². The second-order valence-corrected chi connectivity index (χ2v) is 6.59. The molecule has 0 saturated carbocycles. The third kappa shape index (κ3) is 4.09. The van der Waals surface area contributed by atoms with Gasteiger partial charge in [-0.3, -0.25) is 0 Å².